The summed E-state index contributed by atoms with van der Waals surface area (Å²) in [6.07, 6.45) is 0.809. The minimum absolute atomic E-state index is 0.202. The van der Waals surface area contributed by atoms with E-state index in [9.17, 15) is 4.79 Å². The molecule has 2 aromatic heterocycles. The molecule has 0 fully saturated rings. The van der Waals surface area contributed by atoms with Crippen LogP contribution in [0.15, 0.2) is 24.3 Å². The zero-order valence-electron chi connectivity index (χ0n) is 12.7. The fourth-order valence-electron chi connectivity index (χ4n) is 2.23. The molecule has 0 radical (unpaired) electrons. The fourth-order valence-corrected chi connectivity index (χ4v) is 2.91. The number of rotatable bonds is 3. The first-order valence-corrected chi connectivity index (χ1v) is 7.90. The maximum Gasteiger partial charge on any atom is 0.259 e. The third-order valence-electron chi connectivity index (χ3n) is 3.40. The Labute approximate surface area is 132 Å². The Hall–Kier alpha value is -2.34. The smallest absolute Gasteiger partial charge is 0.259 e. The number of aryl methyl sites for hydroxylation is 3. The molecule has 2 heterocycles. The van der Waals surface area contributed by atoms with Crippen LogP contribution in [0.5, 0.6) is 0 Å². The number of carbonyl (C=O) groups is 1. The van der Waals surface area contributed by atoms with Gasteiger partial charge in [-0.05, 0) is 38.5 Å². The second-order valence-electron chi connectivity index (χ2n) is 5.13. The van der Waals surface area contributed by atoms with Crippen molar-refractivity contribution in [3.63, 3.8) is 0 Å². The summed E-state index contributed by atoms with van der Waals surface area (Å²) in [7, 11) is 0. The van der Waals surface area contributed by atoms with Crippen LogP contribution in [0.2, 0.25) is 0 Å². The number of nitrogens with zero attached hydrogens (tertiary/aromatic N) is 3. The average molecular weight is 312 g/mol. The lowest BCUT2D eigenvalue weighted by molar-refractivity contribution is 0.102. The molecule has 0 aliphatic heterocycles. The summed E-state index contributed by atoms with van der Waals surface area (Å²) in [4.78, 5) is 17.0. The number of aromatic nitrogens is 3. The lowest BCUT2D eigenvalue weighted by Crippen LogP contribution is -2.14. The van der Waals surface area contributed by atoms with E-state index in [1.54, 1.807) is 0 Å². The second-order valence-corrected chi connectivity index (χ2v) is 6.19. The molecule has 0 unspecified atom stereocenters. The minimum Gasteiger partial charge on any atom is -0.296 e. The van der Waals surface area contributed by atoms with Gasteiger partial charge in [-0.15, -0.1) is 10.2 Å². The van der Waals surface area contributed by atoms with Crippen LogP contribution in [0.3, 0.4) is 0 Å². The van der Waals surface area contributed by atoms with Gasteiger partial charge in [0.05, 0.1) is 16.8 Å². The summed E-state index contributed by atoms with van der Waals surface area (Å²) in [5, 5.41) is 13.2. The Kier molecular flexibility index (Phi) is 3.85. The molecule has 3 rings (SSSR count). The number of hydrogen-bond acceptors (Lipinski definition) is 5. The van der Waals surface area contributed by atoms with Crippen molar-refractivity contribution in [2.45, 2.75) is 27.2 Å². The number of benzene rings is 1. The molecule has 0 aliphatic rings. The van der Waals surface area contributed by atoms with Crippen LogP contribution in [-0.4, -0.2) is 21.1 Å². The summed E-state index contributed by atoms with van der Waals surface area (Å²) >= 11 is 1.39. The molecule has 0 aliphatic carbocycles. The van der Waals surface area contributed by atoms with Crippen molar-refractivity contribution in [2.75, 3.05) is 5.32 Å². The maximum absolute atomic E-state index is 12.4. The predicted octanol–water partition coefficient (Wildman–Crippen LogP) is 3.52. The molecular weight excluding hydrogens is 296 g/mol. The SMILES string of the molecule is CCc1nnc(NC(=O)c2cc3cc(C)ccc3nc2C)s1. The summed E-state index contributed by atoms with van der Waals surface area (Å²) in [6, 6.07) is 7.89. The normalized spacial score (nSPS) is 10.9. The molecule has 112 valence electrons. The van der Waals surface area contributed by atoms with Crippen molar-refractivity contribution in [3.05, 3.63) is 46.1 Å². The molecule has 1 N–H and O–H groups in total. The standard InChI is InChI=1S/C16H16N4OS/c1-4-14-19-20-16(22-14)18-15(21)12-8-11-7-9(2)5-6-13(11)17-10(12)3/h5-8H,4H2,1-3H3,(H,18,20,21). The van der Waals surface area contributed by atoms with E-state index in [-0.39, 0.29) is 5.91 Å². The molecule has 0 saturated heterocycles. The van der Waals surface area contributed by atoms with Crippen LogP contribution >= 0.6 is 11.3 Å². The van der Waals surface area contributed by atoms with Crippen molar-refractivity contribution in [2.24, 2.45) is 0 Å². The third-order valence-corrected chi connectivity index (χ3v) is 4.38. The van der Waals surface area contributed by atoms with E-state index in [0.717, 1.165) is 27.9 Å². The van der Waals surface area contributed by atoms with E-state index in [2.05, 4.69) is 20.5 Å². The Bertz CT molecular complexity index is 856. The number of carbonyl (C=O) groups excluding carboxylic acids is 1. The first-order valence-electron chi connectivity index (χ1n) is 7.08. The number of anilines is 1. The molecule has 0 saturated carbocycles. The van der Waals surface area contributed by atoms with Crippen molar-refractivity contribution in [1.82, 2.24) is 15.2 Å². The number of amides is 1. The quantitative estimate of drug-likeness (QED) is 0.803. The Morgan fingerprint density at radius 2 is 2.05 bits per heavy atom. The van der Waals surface area contributed by atoms with Crippen LogP contribution in [0.25, 0.3) is 10.9 Å². The van der Waals surface area contributed by atoms with E-state index >= 15 is 0 Å². The third kappa shape index (κ3) is 2.82. The van der Waals surface area contributed by atoms with Gasteiger partial charge in [0, 0.05) is 5.39 Å². The van der Waals surface area contributed by atoms with Gasteiger partial charge in [-0.25, -0.2) is 0 Å². The number of pyridine rings is 1. The fraction of sp³-hybridized carbons (Fsp3) is 0.250. The first kappa shape index (κ1) is 14.6. The van der Waals surface area contributed by atoms with Crippen molar-refractivity contribution in [3.8, 4) is 0 Å². The highest BCUT2D eigenvalue weighted by molar-refractivity contribution is 7.15. The molecule has 0 spiro atoms. The van der Waals surface area contributed by atoms with Crippen LogP contribution in [0.1, 0.15) is 33.5 Å². The predicted molar refractivity (Wildman–Crippen MR) is 88.5 cm³/mol. The van der Waals surface area contributed by atoms with Gasteiger partial charge in [-0.1, -0.05) is 29.9 Å². The van der Waals surface area contributed by atoms with Crippen LogP contribution in [0.4, 0.5) is 5.13 Å². The lowest BCUT2D eigenvalue weighted by Gasteiger charge is -2.07. The molecule has 22 heavy (non-hydrogen) atoms. The highest BCUT2D eigenvalue weighted by Gasteiger charge is 2.14. The highest BCUT2D eigenvalue weighted by atomic mass is 32.1. The number of fused-ring (bicyclic) bond motifs is 1. The van der Waals surface area contributed by atoms with Gasteiger partial charge in [-0.3, -0.25) is 15.1 Å². The first-order chi connectivity index (χ1) is 10.6. The topological polar surface area (TPSA) is 67.8 Å². The molecule has 5 nitrogen and oxygen atoms in total. The summed E-state index contributed by atoms with van der Waals surface area (Å²) in [6.45, 7) is 5.87. The van der Waals surface area contributed by atoms with Crippen LogP contribution < -0.4 is 5.32 Å². The number of hydrogen-bond donors (Lipinski definition) is 1. The molecule has 1 aromatic carbocycles. The van der Waals surface area contributed by atoms with E-state index in [1.807, 2.05) is 45.0 Å². The molecule has 1 amide bonds. The van der Waals surface area contributed by atoms with Gasteiger partial charge in [0.25, 0.3) is 5.91 Å². The van der Waals surface area contributed by atoms with E-state index in [4.69, 9.17) is 0 Å². The van der Waals surface area contributed by atoms with Crippen LogP contribution in [-0.2, 0) is 6.42 Å². The Morgan fingerprint density at radius 3 is 2.77 bits per heavy atom. The molecule has 0 atom stereocenters. The second kappa shape index (κ2) is 5.81. The molecule has 0 bridgehead atoms. The van der Waals surface area contributed by atoms with Gasteiger partial charge in [0.1, 0.15) is 5.01 Å². The highest BCUT2D eigenvalue weighted by Crippen LogP contribution is 2.20. The molecule has 6 heteroatoms. The summed E-state index contributed by atoms with van der Waals surface area (Å²) in [5.41, 5.74) is 3.30. The van der Waals surface area contributed by atoms with Gasteiger partial charge in [0.15, 0.2) is 0 Å². The summed E-state index contributed by atoms with van der Waals surface area (Å²) in [5.74, 6) is -0.202. The van der Waals surface area contributed by atoms with Crippen molar-refractivity contribution < 1.29 is 4.79 Å². The van der Waals surface area contributed by atoms with E-state index in [0.29, 0.717) is 16.4 Å². The average Bonchev–Trinajstić information content (AvgIpc) is 2.94. The Balaban J connectivity index is 1.94. The summed E-state index contributed by atoms with van der Waals surface area (Å²) < 4.78 is 0. The molecular formula is C16H16N4OS. The van der Waals surface area contributed by atoms with Gasteiger partial charge in [0.2, 0.25) is 5.13 Å². The van der Waals surface area contributed by atoms with Gasteiger partial charge < -0.3 is 0 Å². The van der Waals surface area contributed by atoms with Crippen molar-refractivity contribution in [1.29, 1.82) is 0 Å². The minimum atomic E-state index is -0.202. The largest absolute Gasteiger partial charge is 0.296 e. The zero-order chi connectivity index (χ0) is 15.7. The van der Waals surface area contributed by atoms with Crippen molar-refractivity contribution >= 4 is 33.3 Å². The van der Waals surface area contributed by atoms with Gasteiger partial charge in [-0.2, -0.15) is 0 Å². The van der Waals surface area contributed by atoms with E-state index < -0.39 is 0 Å². The number of nitrogens with one attached hydrogen (secondary N) is 1. The monoisotopic (exact) mass is 312 g/mol. The van der Waals surface area contributed by atoms with Crippen LogP contribution in [0, 0.1) is 13.8 Å². The molecule has 3 aromatic rings. The van der Waals surface area contributed by atoms with Gasteiger partial charge >= 0.3 is 0 Å². The maximum atomic E-state index is 12.4. The Morgan fingerprint density at radius 1 is 1.23 bits per heavy atom. The lowest BCUT2D eigenvalue weighted by atomic mass is 10.1. The zero-order valence-corrected chi connectivity index (χ0v) is 13.5. The van der Waals surface area contributed by atoms with E-state index in [1.165, 1.54) is 11.3 Å².